The third-order valence-corrected chi connectivity index (χ3v) is 1.56. The van der Waals surface area contributed by atoms with Gasteiger partial charge in [-0.3, -0.25) is 9.59 Å². The largest absolute Gasteiger partial charge is 0.352 e. The molecule has 1 N–H and O–H groups in total. The van der Waals surface area contributed by atoms with Crippen LogP contribution in [-0.4, -0.2) is 36.3 Å². The Morgan fingerprint density at radius 3 is 2.31 bits per heavy atom. The van der Waals surface area contributed by atoms with E-state index in [9.17, 15) is 9.59 Å². The van der Waals surface area contributed by atoms with Crippen LogP contribution in [0.2, 0.25) is 0 Å². The third kappa shape index (κ3) is 5.22. The number of hydrogen-bond acceptors (Lipinski definition) is 2. The van der Waals surface area contributed by atoms with Crippen LogP contribution >= 0.6 is 0 Å². The van der Waals surface area contributed by atoms with Gasteiger partial charge in [-0.2, -0.15) is 0 Å². The molecule has 0 saturated carbocycles. The van der Waals surface area contributed by atoms with E-state index in [2.05, 4.69) is 5.32 Å². The summed E-state index contributed by atoms with van der Waals surface area (Å²) in [4.78, 5) is 23.7. The highest BCUT2D eigenvalue weighted by molar-refractivity contribution is 5.84. The van der Waals surface area contributed by atoms with Crippen LogP contribution in [0.25, 0.3) is 0 Å². The first-order valence-electron chi connectivity index (χ1n) is 4.50. The number of carbonyl (C=O) groups is 2. The lowest BCUT2D eigenvalue weighted by Crippen LogP contribution is -2.40. The molecule has 0 aliphatic heterocycles. The minimum atomic E-state index is -0.112. The molecule has 2 amide bonds. The van der Waals surface area contributed by atoms with Crippen molar-refractivity contribution in [3.05, 3.63) is 0 Å². The summed E-state index contributed by atoms with van der Waals surface area (Å²) in [5.74, 6) is -0.127. The predicted molar refractivity (Wildman–Crippen MR) is 51.2 cm³/mol. The maximum atomic E-state index is 11.2. The van der Waals surface area contributed by atoms with Gasteiger partial charge in [0.15, 0.2) is 0 Å². The number of amides is 2. The molecule has 4 nitrogen and oxygen atoms in total. The quantitative estimate of drug-likeness (QED) is 0.690. The normalized spacial score (nSPS) is 9.92. The Balaban J connectivity index is 3.85. The average Bonchev–Trinajstić information content (AvgIpc) is 2.01. The molecule has 0 aliphatic rings. The van der Waals surface area contributed by atoms with Crippen molar-refractivity contribution >= 4 is 11.8 Å². The molecular weight excluding hydrogens is 168 g/mol. The Bertz CT molecular complexity index is 190. The summed E-state index contributed by atoms with van der Waals surface area (Å²) in [5.41, 5.74) is 0. The van der Waals surface area contributed by atoms with Gasteiger partial charge in [-0.25, -0.2) is 0 Å². The smallest absolute Gasteiger partial charge is 0.239 e. The zero-order chi connectivity index (χ0) is 10.4. The fraction of sp³-hybridized carbons (Fsp3) is 0.778. The highest BCUT2D eigenvalue weighted by Crippen LogP contribution is 1.89. The van der Waals surface area contributed by atoms with Crippen molar-refractivity contribution in [3.8, 4) is 0 Å². The zero-order valence-corrected chi connectivity index (χ0v) is 8.76. The molecule has 0 radical (unpaired) electrons. The molecule has 0 aromatic carbocycles. The lowest BCUT2D eigenvalue weighted by molar-refractivity contribution is -0.134. The Hall–Kier alpha value is -1.06. The lowest BCUT2D eigenvalue weighted by atomic mass is 10.3. The summed E-state index contributed by atoms with van der Waals surface area (Å²) < 4.78 is 0. The molecule has 0 aromatic heterocycles. The van der Waals surface area contributed by atoms with Crippen molar-refractivity contribution in [2.24, 2.45) is 0 Å². The summed E-state index contributed by atoms with van der Waals surface area (Å²) in [6, 6.07) is 0.123. The zero-order valence-electron chi connectivity index (χ0n) is 8.76. The molecule has 0 aromatic rings. The second-order valence-electron chi connectivity index (χ2n) is 3.33. The first-order valence-corrected chi connectivity index (χ1v) is 4.50. The molecule has 76 valence electrons. The molecule has 0 unspecified atom stereocenters. The van der Waals surface area contributed by atoms with Gasteiger partial charge in [0.05, 0.1) is 6.54 Å². The summed E-state index contributed by atoms with van der Waals surface area (Å²) in [7, 11) is 1.63. The molecule has 13 heavy (non-hydrogen) atoms. The fourth-order valence-corrected chi connectivity index (χ4v) is 0.941. The Morgan fingerprint density at radius 1 is 1.38 bits per heavy atom. The second-order valence-corrected chi connectivity index (χ2v) is 3.33. The number of nitrogens with one attached hydrogen (secondary N) is 1. The molecule has 0 aliphatic carbocycles. The predicted octanol–water partition coefficient (Wildman–Crippen LogP) is 0.379. The molecule has 4 heteroatoms. The van der Waals surface area contributed by atoms with Crippen molar-refractivity contribution < 1.29 is 9.59 Å². The van der Waals surface area contributed by atoms with E-state index < -0.39 is 0 Å². The van der Waals surface area contributed by atoms with E-state index in [1.165, 1.54) is 4.90 Å². The Morgan fingerprint density at radius 2 is 1.92 bits per heavy atom. The molecule has 0 saturated heterocycles. The monoisotopic (exact) mass is 186 g/mol. The SMILES string of the molecule is CCC(=O)N(C)CC(=O)NC(C)C. The first-order chi connectivity index (χ1) is 5.97. The highest BCUT2D eigenvalue weighted by Gasteiger charge is 2.10. The lowest BCUT2D eigenvalue weighted by Gasteiger charge is -2.16. The van der Waals surface area contributed by atoms with E-state index in [1.54, 1.807) is 14.0 Å². The van der Waals surface area contributed by atoms with E-state index in [1.807, 2.05) is 13.8 Å². The van der Waals surface area contributed by atoms with Crippen molar-refractivity contribution in [2.75, 3.05) is 13.6 Å². The molecular formula is C9H18N2O2. The van der Waals surface area contributed by atoms with Crippen LogP contribution in [0.4, 0.5) is 0 Å². The van der Waals surface area contributed by atoms with E-state index in [0.29, 0.717) is 6.42 Å². The van der Waals surface area contributed by atoms with Crippen LogP contribution in [0.1, 0.15) is 27.2 Å². The topological polar surface area (TPSA) is 49.4 Å². The Labute approximate surface area is 79.3 Å². The van der Waals surface area contributed by atoms with Gasteiger partial charge in [-0.15, -0.1) is 0 Å². The number of rotatable bonds is 4. The molecule has 0 atom stereocenters. The molecule has 0 fully saturated rings. The van der Waals surface area contributed by atoms with Crippen molar-refractivity contribution in [1.82, 2.24) is 10.2 Å². The van der Waals surface area contributed by atoms with Gasteiger partial charge in [-0.05, 0) is 13.8 Å². The van der Waals surface area contributed by atoms with Crippen LogP contribution in [0.5, 0.6) is 0 Å². The van der Waals surface area contributed by atoms with Crippen LogP contribution in [-0.2, 0) is 9.59 Å². The maximum absolute atomic E-state index is 11.2. The number of hydrogen-bond donors (Lipinski definition) is 1. The minimum Gasteiger partial charge on any atom is -0.352 e. The van der Waals surface area contributed by atoms with Gasteiger partial charge in [0.25, 0.3) is 0 Å². The molecule has 0 bridgehead atoms. The standard InChI is InChI=1S/C9H18N2O2/c1-5-9(13)11(4)6-8(12)10-7(2)3/h7H,5-6H2,1-4H3,(H,10,12). The molecule has 0 spiro atoms. The van der Waals surface area contributed by atoms with Crippen molar-refractivity contribution in [3.63, 3.8) is 0 Å². The van der Waals surface area contributed by atoms with Crippen LogP contribution in [0, 0.1) is 0 Å². The number of nitrogens with zero attached hydrogens (tertiary/aromatic N) is 1. The third-order valence-electron chi connectivity index (χ3n) is 1.56. The summed E-state index contributed by atoms with van der Waals surface area (Å²) in [5, 5.41) is 2.72. The van der Waals surface area contributed by atoms with E-state index in [0.717, 1.165) is 0 Å². The number of likely N-dealkylation sites (N-methyl/N-ethyl adjacent to an activating group) is 1. The fourth-order valence-electron chi connectivity index (χ4n) is 0.941. The summed E-state index contributed by atoms with van der Waals surface area (Å²) in [6.07, 6.45) is 0.436. The summed E-state index contributed by atoms with van der Waals surface area (Å²) >= 11 is 0. The molecule has 0 heterocycles. The van der Waals surface area contributed by atoms with Crippen molar-refractivity contribution in [1.29, 1.82) is 0 Å². The number of carbonyl (C=O) groups excluding carboxylic acids is 2. The second kappa shape index (κ2) is 5.56. The van der Waals surface area contributed by atoms with Crippen LogP contribution in [0.15, 0.2) is 0 Å². The molecule has 0 rings (SSSR count). The van der Waals surface area contributed by atoms with Gasteiger partial charge in [0.1, 0.15) is 0 Å². The first kappa shape index (κ1) is 11.9. The highest BCUT2D eigenvalue weighted by atomic mass is 16.2. The van der Waals surface area contributed by atoms with Crippen LogP contribution in [0.3, 0.4) is 0 Å². The van der Waals surface area contributed by atoms with Gasteiger partial charge in [0, 0.05) is 19.5 Å². The minimum absolute atomic E-state index is 0.0149. The van der Waals surface area contributed by atoms with Gasteiger partial charge in [0.2, 0.25) is 11.8 Å². The Kier molecular flexibility index (Phi) is 5.11. The maximum Gasteiger partial charge on any atom is 0.239 e. The van der Waals surface area contributed by atoms with E-state index in [-0.39, 0.29) is 24.4 Å². The van der Waals surface area contributed by atoms with Gasteiger partial charge < -0.3 is 10.2 Å². The summed E-state index contributed by atoms with van der Waals surface area (Å²) in [6.45, 7) is 5.70. The van der Waals surface area contributed by atoms with E-state index in [4.69, 9.17) is 0 Å². The van der Waals surface area contributed by atoms with Gasteiger partial charge in [-0.1, -0.05) is 6.92 Å². The average molecular weight is 186 g/mol. The van der Waals surface area contributed by atoms with Crippen LogP contribution < -0.4 is 5.32 Å². The van der Waals surface area contributed by atoms with Gasteiger partial charge >= 0.3 is 0 Å². The van der Waals surface area contributed by atoms with E-state index >= 15 is 0 Å². The van der Waals surface area contributed by atoms with Crippen molar-refractivity contribution in [2.45, 2.75) is 33.2 Å².